The first kappa shape index (κ1) is 9.96. The summed E-state index contributed by atoms with van der Waals surface area (Å²) in [7, 11) is 0. The zero-order chi connectivity index (χ0) is 8.81. The largest absolute Gasteiger partial charge is 0.396 e. The van der Waals surface area contributed by atoms with E-state index in [9.17, 15) is 5.11 Å². The second-order valence-corrected chi connectivity index (χ2v) is 3.42. The molecule has 0 aliphatic carbocycles. The summed E-state index contributed by atoms with van der Waals surface area (Å²) in [4.78, 5) is 0. The van der Waals surface area contributed by atoms with E-state index in [0.29, 0.717) is 6.10 Å². The molecule has 0 spiro atoms. The van der Waals surface area contributed by atoms with Gasteiger partial charge >= 0.3 is 0 Å². The molecular formula is C9H18O3. The van der Waals surface area contributed by atoms with Crippen molar-refractivity contribution in [2.24, 2.45) is 0 Å². The van der Waals surface area contributed by atoms with Crippen molar-refractivity contribution in [3.63, 3.8) is 0 Å². The Kier molecular flexibility index (Phi) is 4.58. The van der Waals surface area contributed by atoms with Gasteiger partial charge in [-0.25, -0.2) is 0 Å². The molecule has 0 aromatic carbocycles. The standard InChI is InChI=1S/C9H18O3/c10-5-3-1-2-4-8(11)6-9-7-12-9/h8-11H,1-7H2. The molecule has 1 aliphatic heterocycles. The first-order valence-electron chi connectivity index (χ1n) is 4.73. The van der Waals surface area contributed by atoms with Gasteiger partial charge in [-0.05, 0) is 12.8 Å². The van der Waals surface area contributed by atoms with Gasteiger partial charge in [-0.15, -0.1) is 0 Å². The van der Waals surface area contributed by atoms with Gasteiger partial charge in [0.2, 0.25) is 0 Å². The molecule has 3 heteroatoms. The maximum absolute atomic E-state index is 9.42. The summed E-state index contributed by atoms with van der Waals surface area (Å²) in [6.45, 7) is 1.09. The van der Waals surface area contributed by atoms with Crippen molar-refractivity contribution in [2.75, 3.05) is 13.2 Å². The maximum atomic E-state index is 9.42. The molecule has 1 aliphatic rings. The Labute approximate surface area is 73.4 Å². The van der Waals surface area contributed by atoms with Gasteiger partial charge in [0.05, 0.1) is 18.8 Å². The fourth-order valence-corrected chi connectivity index (χ4v) is 1.29. The van der Waals surface area contributed by atoms with Crippen molar-refractivity contribution in [3.8, 4) is 0 Å². The molecule has 0 bridgehead atoms. The summed E-state index contributed by atoms with van der Waals surface area (Å²) in [6, 6.07) is 0. The van der Waals surface area contributed by atoms with Crippen molar-refractivity contribution in [2.45, 2.75) is 44.3 Å². The number of ether oxygens (including phenoxy) is 1. The van der Waals surface area contributed by atoms with Gasteiger partial charge in [0.15, 0.2) is 0 Å². The number of rotatable bonds is 7. The number of unbranched alkanes of at least 4 members (excludes halogenated alkanes) is 2. The second kappa shape index (κ2) is 5.51. The van der Waals surface area contributed by atoms with Crippen molar-refractivity contribution in [1.82, 2.24) is 0 Å². The molecule has 0 aromatic heterocycles. The van der Waals surface area contributed by atoms with Crippen molar-refractivity contribution in [3.05, 3.63) is 0 Å². The SMILES string of the molecule is OCCCCCC(O)CC1CO1. The van der Waals surface area contributed by atoms with Crippen molar-refractivity contribution < 1.29 is 14.9 Å². The molecule has 2 atom stereocenters. The normalized spacial score (nSPS) is 24.0. The summed E-state index contributed by atoms with van der Waals surface area (Å²) in [5, 5.41) is 17.9. The van der Waals surface area contributed by atoms with Crippen LogP contribution >= 0.6 is 0 Å². The van der Waals surface area contributed by atoms with Gasteiger partial charge < -0.3 is 14.9 Å². The number of aliphatic hydroxyl groups excluding tert-OH is 2. The highest BCUT2D eigenvalue weighted by Gasteiger charge is 2.25. The van der Waals surface area contributed by atoms with Gasteiger partial charge in [0.25, 0.3) is 0 Å². The van der Waals surface area contributed by atoms with Crippen molar-refractivity contribution >= 4 is 0 Å². The third-order valence-corrected chi connectivity index (χ3v) is 2.13. The van der Waals surface area contributed by atoms with Crippen LogP contribution in [0.5, 0.6) is 0 Å². The first-order chi connectivity index (χ1) is 5.83. The third kappa shape index (κ3) is 4.70. The minimum Gasteiger partial charge on any atom is -0.396 e. The Morgan fingerprint density at radius 2 is 2.08 bits per heavy atom. The van der Waals surface area contributed by atoms with E-state index in [0.717, 1.165) is 38.7 Å². The van der Waals surface area contributed by atoms with Crippen LogP contribution < -0.4 is 0 Å². The monoisotopic (exact) mass is 174 g/mol. The van der Waals surface area contributed by atoms with Gasteiger partial charge in [-0.3, -0.25) is 0 Å². The molecule has 3 nitrogen and oxygen atoms in total. The summed E-state index contributed by atoms with van der Waals surface area (Å²) >= 11 is 0. The lowest BCUT2D eigenvalue weighted by molar-refractivity contribution is 0.138. The molecule has 72 valence electrons. The fraction of sp³-hybridized carbons (Fsp3) is 1.00. The quantitative estimate of drug-likeness (QED) is 0.441. The molecule has 0 aromatic rings. The smallest absolute Gasteiger partial charge is 0.0834 e. The van der Waals surface area contributed by atoms with Crippen LogP contribution in [0, 0.1) is 0 Å². The maximum Gasteiger partial charge on any atom is 0.0834 e. The van der Waals surface area contributed by atoms with E-state index in [2.05, 4.69) is 0 Å². The lowest BCUT2D eigenvalue weighted by Gasteiger charge is -2.07. The highest BCUT2D eigenvalue weighted by atomic mass is 16.6. The molecule has 2 N–H and O–H groups in total. The van der Waals surface area contributed by atoms with Gasteiger partial charge in [0, 0.05) is 13.0 Å². The molecule has 1 rings (SSSR count). The zero-order valence-corrected chi connectivity index (χ0v) is 7.41. The van der Waals surface area contributed by atoms with Crippen LogP contribution in [0.1, 0.15) is 32.1 Å². The fourth-order valence-electron chi connectivity index (χ4n) is 1.29. The summed E-state index contributed by atoms with van der Waals surface area (Å²) in [5.74, 6) is 0. The van der Waals surface area contributed by atoms with Gasteiger partial charge in [0.1, 0.15) is 0 Å². The van der Waals surface area contributed by atoms with E-state index in [1.165, 1.54) is 0 Å². The number of epoxide rings is 1. The van der Waals surface area contributed by atoms with E-state index in [1.54, 1.807) is 0 Å². The van der Waals surface area contributed by atoms with Crippen LogP contribution in [-0.2, 0) is 4.74 Å². The predicted molar refractivity (Wildman–Crippen MR) is 45.9 cm³/mol. The summed E-state index contributed by atoms with van der Waals surface area (Å²) in [5.41, 5.74) is 0. The van der Waals surface area contributed by atoms with E-state index < -0.39 is 0 Å². The minimum atomic E-state index is -0.198. The molecule has 1 heterocycles. The predicted octanol–water partition coefficient (Wildman–Crippen LogP) is 0.689. The van der Waals surface area contributed by atoms with Crippen molar-refractivity contribution in [1.29, 1.82) is 0 Å². The first-order valence-corrected chi connectivity index (χ1v) is 4.73. The Hall–Kier alpha value is -0.120. The Morgan fingerprint density at radius 1 is 1.33 bits per heavy atom. The van der Waals surface area contributed by atoms with Gasteiger partial charge in [-0.1, -0.05) is 12.8 Å². The van der Waals surface area contributed by atoms with Crippen LogP contribution in [0.3, 0.4) is 0 Å². The van der Waals surface area contributed by atoms with E-state index in [-0.39, 0.29) is 12.7 Å². The van der Waals surface area contributed by atoms with Crippen LogP contribution in [0.2, 0.25) is 0 Å². The minimum absolute atomic E-state index is 0.198. The zero-order valence-electron chi connectivity index (χ0n) is 7.41. The molecule has 1 fully saturated rings. The highest BCUT2D eigenvalue weighted by molar-refractivity contribution is 4.73. The third-order valence-electron chi connectivity index (χ3n) is 2.13. The molecule has 0 saturated carbocycles. The number of hydrogen-bond acceptors (Lipinski definition) is 3. The lowest BCUT2D eigenvalue weighted by Crippen LogP contribution is -2.09. The molecule has 12 heavy (non-hydrogen) atoms. The number of hydrogen-bond donors (Lipinski definition) is 2. The Balaban J connectivity index is 1.83. The molecular weight excluding hydrogens is 156 g/mol. The second-order valence-electron chi connectivity index (χ2n) is 3.42. The lowest BCUT2D eigenvalue weighted by atomic mass is 10.1. The highest BCUT2D eigenvalue weighted by Crippen LogP contribution is 2.18. The van der Waals surface area contributed by atoms with E-state index >= 15 is 0 Å². The summed E-state index contributed by atoms with van der Waals surface area (Å²) in [6.07, 6.45) is 4.65. The van der Waals surface area contributed by atoms with Crippen LogP contribution in [0.4, 0.5) is 0 Å². The molecule has 1 saturated heterocycles. The Morgan fingerprint density at radius 3 is 2.67 bits per heavy atom. The number of aliphatic hydroxyl groups is 2. The van der Waals surface area contributed by atoms with Crippen LogP contribution in [0.15, 0.2) is 0 Å². The average molecular weight is 174 g/mol. The van der Waals surface area contributed by atoms with E-state index in [1.807, 2.05) is 0 Å². The van der Waals surface area contributed by atoms with Crippen LogP contribution in [-0.4, -0.2) is 35.6 Å². The van der Waals surface area contributed by atoms with Crippen LogP contribution in [0.25, 0.3) is 0 Å². The molecule has 2 unspecified atom stereocenters. The molecule has 0 amide bonds. The Bertz CT molecular complexity index is 112. The molecule has 0 radical (unpaired) electrons. The van der Waals surface area contributed by atoms with Gasteiger partial charge in [-0.2, -0.15) is 0 Å². The topological polar surface area (TPSA) is 53.0 Å². The average Bonchev–Trinajstić information content (AvgIpc) is 2.82. The van der Waals surface area contributed by atoms with E-state index in [4.69, 9.17) is 9.84 Å². The summed E-state index contributed by atoms with van der Waals surface area (Å²) < 4.78 is 5.01.